The number of amides is 1. The Kier molecular flexibility index (Phi) is 6.84. The SMILES string of the molecule is CCOC(=O)c1c(NC(=O)c2ccc(COc3ccc(Cl)c(C)c3)o2)sc(C)c1C. The summed E-state index contributed by atoms with van der Waals surface area (Å²) in [5.74, 6) is 0.371. The lowest BCUT2D eigenvalue weighted by Crippen LogP contribution is -2.14. The molecular formula is C22H22ClNO5S. The van der Waals surface area contributed by atoms with Gasteiger partial charge in [0.05, 0.1) is 12.2 Å². The van der Waals surface area contributed by atoms with Crippen LogP contribution in [0.3, 0.4) is 0 Å². The predicted octanol–water partition coefficient (Wildman–Crippen LogP) is 5.93. The van der Waals surface area contributed by atoms with Crippen molar-refractivity contribution >= 4 is 39.8 Å². The Bertz CT molecular complexity index is 1090. The van der Waals surface area contributed by atoms with Crippen LogP contribution >= 0.6 is 22.9 Å². The highest BCUT2D eigenvalue weighted by molar-refractivity contribution is 7.16. The van der Waals surface area contributed by atoms with E-state index in [1.54, 1.807) is 31.2 Å². The molecular weight excluding hydrogens is 426 g/mol. The van der Waals surface area contributed by atoms with E-state index in [1.165, 1.54) is 11.3 Å². The number of benzene rings is 1. The molecule has 2 heterocycles. The average Bonchev–Trinajstić information content (AvgIpc) is 3.28. The van der Waals surface area contributed by atoms with Crippen LogP contribution in [0.4, 0.5) is 5.00 Å². The number of hydrogen-bond acceptors (Lipinski definition) is 6. The lowest BCUT2D eigenvalue weighted by atomic mass is 10.1. The van der Waals surface area contributed by atoms with E-state index >= 15 is 0 Å². The number of nitrogens with one attached hydrogen (secondary N) is 1. The van der Waals surface area contributed by atoms with Gasteiger partial charge in [0.25, 0.3) is 5.91 Å². The Labute approximate surface area is 183 Å². The van der Waals surface area contributed by atoms with Crippen LogP contribution < -0.4 is 10.1 Å². The molecule has 0 atom stereocenters. The van der Waals surface area contributed by atoms with Crippen molar-refractivity contribution in [3.63, 3.8) is 0 Å². The second-order valence-corrected chi connectivity index (χ2v) is 8.26. The highest BCUT2D eigenvalue weighted by Crippen LogP contribution is 2.33. The van der Waals surface area contributed by atoms with Gasteiger partial charge in [0.2, 0.25) is 0 Å². The van der Waals surface area contributed by atoms with Crippen LogP contribution in [0, 0.1) is 20.8 Å². The molecule has 3 aromatic rings. The van der Waals surface area contributed by atoms with E-state index in [2.05, 4.69) is 5.32 Å². The van der Waals surface area contributed by atoms with Crippen molar-refractivity contribution < 1.29 is 23.5 Å². The van der Waals surface area contributed by atoms with Gasteiger partial charge in [-0.3, -0.25) is 4.79 Å². The van der Waals surface area contributed by atoms with Gasteiger partial charge in [0, 0.05) is 9.90 Å². The number of aryl methyl sites for hydroxylation is 2. The number of ether oxygens (including phenoxy) is 2. The van der Waals surface area contributed by atoms with Crippen LogP contribution in [-0.4, -0.2) is 18.5 Å². The number of rotatable bonds is 7. The molecule has 30 heavy (non-hydrogen) atoms. The Morgan fingerprint density at radius 2 is 1.93 bits per heavy atom. The zero-order valence-electron chi connectivity index (χ0n) is 17.1. The summed E-state index contributed by atoms with van der Waals surface area (Å²) >= 11 is 7.34. The fourth-order valence-electron chi connectivity index (χ4n) is 2.77. The Balaban J connectivity index is 1.69. The first kappa shape index (κ1) is 21.9. The fraction of sp³-hybridized carbons (Fsp3) is 0.273. The fourth-order valence-corrected chi connectivity index (χ4v) is 3.93. The van der Waals surface area contributed by atoms with E-state index in [0.717, 1.165) is 16.0 Å². The highest BCUT2D eigenvalue weighted by Gasteiger charge is 2.23. The van der Waals surface area contributed by atoms with Crippen molar-refractivity contribution in [1.82, 2.24) is 0 Å². The molecule has 0 saturated carbocycles. The van der Waals surface area contributed by atoms with Crippen LogP contribution in [0.2, 0.25) is 5.02 Å². The first-order chi connectivity index (χ1) is 14.3. The van der Waals surface area contributed by atoms with Crippen LogP contribution in [0.15, 0.2) is 34.7 Å². The van der Waals surface area contributed by atoms with E-state index in [0.29, 0.717) is 27.1 Å². The molecule has 0 aliphatic carbocycles. The zero-order chi connectivity index (χ0) is 21.8. The number of carbonyl (C=O) groups is 2. The lowest BCUT2D eigenvalue weighted by Gasteiger charge is -2.07. The largest absolute Gasteiger partial charge is 0.486 e. The second kappa shape index (κ2) is 9.36. The number of carbonyl (C=O) groups excluding carboxylic acids is 2. The van der Waals surface area contributed by atoms with Gasteiger partial charge in [-0.2, -0.15) is 0 Å². The van der Waals surface area contributed by atoms with E-state index in [9.17, 15) is 9.59 Å². The molecule has 0 radical (unpaired) electrons. The summed E-state index contributed by atoms with van der Waals surface area (Å²) in [4.78, 5) is 25.8. The van der Waals surface area contributed by atoms with Crippen molar-refractivity contribution in [2.24, 2.45) is 0 Å². The molecule has 0 bridgehead atoms. The molecule has 1 amide bonds. The maximum atomic E-state index is 12.6. The maximum absolute atomic E-state index is 12.6. The minimum Gasteiger partial charge on any atom is -0.486 e. The minimum atomic E-state index is -0.457. The van der Waals surface area contributed by atoms with Crippen LogP contribution in [0.1, 0.15) is 49.6 Å². The van der Waals surface area contributed by atoms with E-state index in [4.69, 9.17) is 25.5 Å². The minimum absolute atomic E-state index is 0.124. The predicted molar refractivity (Wildman–Crippen MR) is 117 cm³/mol. The first-order valence-corrected chi connectivity index (χ1v) is 10.6. The number of halogens is 1. The summed E-state index contributed by atoms with van der Waals surface area (Å²) in [6, 6.07) is 8.61. The third kappa shape index (κ3) is 4.86. The molecule has 6 nitrogen and oxygen atoms in total. The molecule has 0 saturated heterocycles. The summed E-state index contributed by atoms with van der Waals surface area (Å²) in [5.41, 5.74) is 2.08. The molecule has 1 aromatic carbocycles. The Morgan fingerprint density at radius 1 is 1.17 bits per heavy atom. The van der Waals surface area contributed by atoms with E-state index in [-0.39, 0.29) is 19.0 Å². The Hall–Kier alpha value is -2.77. The van der Waals surface area contributed by atoms with Crippen molar-refractivity contribution in [3.8, 4) is 5.75 Å². The van der Waals surface area contributed by atoms with Crippen LogP contribution in [-0.2, 0) is 11.3 Å². The molecule has 0 spiro atoms. The molecule has 2 aromatic heterocycles. The number of hydrogen-bond donors (Lipinski definition) is 1. The number of thiophene rings is 1. The third-order valence-corrected chi connectivity index (χ3v) is 6.03. The number of anilines is 1. The highest BCUT2D eigenvalue weighted by atomic mass is 35.5. The maximum Gasteiger partial charge on any atom is 0.341 e. The smallest absolute Gasteiger partial charge is 0.341 e. The van der Waals surface area contributed by atoms with Crippen molar-refractivity contribution in [2.45, 2.75) is 34.3 Å². The van der Waals surface area contributed by atoms with Gasteiger partial charge in [0.15, 0.2) is 5.76 Å². The Morgan fingerprint density at radius 3 is 2.63 bits per heavy atom. The molecule has 8 heteroatoms. The summed E-state index contributed by atoms with van der Waals surface area (Å²) in [6.45, 7) is 7.77. The van der Waals surface area contributed by atoms with Gasteiger partial charge in [-0.1, -0.05) is 11.6 Å². The van der Waals surface area contributed by atoms with Crippen molar-refractivity contribution in [1.29, 1.82) is 0 Å². The van der Waals surface area contributed by atoms with Gasteiger partial charge in [-0.05, 0) is 69.2 Å². The number of furan rings is 1. The third-order valence-electron chi connectivity index (χ3n) is 4.49. The first-order valence-electron chi connectivity index (χ1n) is 9.36. The molecule has 158 valence electrons. The quantitative estimate of drug-likeness (QED) is 0.454. The molecule has 0 aliphatic rings. The van der Waals surface area contributed by atoms with E-state index < -0.39 is 11.9 Å². The van der Waals surface area contributed by atoms with Crippen LogP contribution in [0.25, 0.3) is 0 Å². The van der Waals surface area contributed by atoms with Gasteiger partial charge in [0.1, 0.15) is 23.1 Å². The standard InChI is InChI=1S/C22H22ClNO5S/c1-5-27-22(26)19-13(3)14(4)30-21(19)24-20(25)18-9-7-16(29-18)11-28-15-6-8-17(23)12(2)10-15/h6-10H,5,11H2,1-4H3,(H,24,25). The molecule has 0 unspecified atom stereocenters. The van der Waals surface area contributed by atoms with Gasteiger partial charge in [-0.25, -0.2) is 4.79 Å². The monoisotopic (exact) mass is 447 g/mol. The summed E-state index contributed by atoms with van der Waals surface area (Å²) in [5, 5.41) is 3.87. The molecule has 3 rings (SSSR count). The van der Waals surface area contributed by atoms with Gasteiger partial charge < -0.3 is 19.2 Å². The van der Waals surface area contributed by atoms with E-state index in [1.807, 2.05) is 26.8 Å². The normalized spacial score (nSPS) is 10.7. The lowest BCUT2D eigenvalue weighted by molar-refractivity contribution is 0.0527. The van der Waals surface area contributed by atoms with Crippen molar-refractivity contribution in [2.75, 3.05) is 11.9 Å². The molecule has 0 aliphatic heterocycles. The molecule has 0 fully saturated rings. The van der Waals surface area contributed by atoms with Gasteiger partial charge in [-0.15, -0.1) is 11.3 Å². The summed E-state index contributed by atoms with van der Waals surface area (Å²) in [7, 11) is 0. The topological polar surface area (TPSA) is 77.8 Å². The number of esters is 1. The summed E-state index contributed by atoms with van der Waals surface area (Å²) in [6.07, 6.45) is 0. The molecule has 1 N–H and O–H groups in total. The summed E-state index contributed by atoms with van der Waals surface area (Å²) < 4.78 is 16.4. The van der Waals surface area contributed by atoms with Crippen molar-refractivity contribution in [3.05, 3.63) is 68.4 Å². The van der Waals surface area contributed by atoms with Gasteiger partial charge >= 0.3 is 5.97 Å². The zero-order valence-corrected chi connectivity index (χ0v) is 18.7. The average molecular weight is 448 g/mol. The van der Waals surface area contributed by atoms with Crippen LogP contribution in [0.5, 0.6) is 5.75 Å². The second-order valence-electron chi connectivity index (χ2n) is 6.63.